The molecule has 1 unspecified atom stereocenters. The van der Waals surface area contributed by atoms with Crippen LogP contribution in [-0.4, -0.2) is 16.7 Å². The molecule has 1 heterocycles. The fraction of sp³-hybridized carbons (Fsp3) is 0.214. The molecule has 106 valence electrons. The average Bonchev–Trinajstić information content (AvgIpc) is 2.38. The van der Waals surface area contributed by atoms with E-state index in [4.69, 9.17) is 5.73 Å². The van der Waals surface area contributed by atoms with Crippen LogP contribution in [0.15, 0.2) is 42.6 Å². The van der Waals surface area contributed by atoms with E-state index in [0.29, 0.717) is 17.8 Å². The van der Waals surface area contributed by atoms with Crippen molar-refractivity contribution in [1.29, 1.82) is 0 Å². The number of hydrogen-bond acceptors (Lipinski definition) is 4. The van der Waals surface area contributed by atoms with Gasteiger partial charge in [-0.2, -0.15) is 8.78 Å². The first-order chi connectivity index (χ1) is 9.54. The summed E-state index contributed by atoms with van der Waals surface area (Å²) < 4.78 is 28.3. The topological polar surface area (TPSA) is 68.4 Å². The van der Waals surface area contributed by atoms with Gasteiger partial charge in [0.05, 0.1) is 6.10 Å². The Morgan fingerprint density at radius 2 is 1.90 bits per heavy atom. The monoisotopic (exact) mass is 280 g/mol. The Morgan fingerprint density at radius 1 is 1.20 bits per heavy atom. The lowest BCUT2D eigenvalue weighted by atomic mass is 10.0. The minimum atomic E-state index is -2.86. The molecule has 0 saturated heterocycles. The predicted molar refractivity (Wildman–Crippen MR) is 70.4 cm³/mol. The van der Waals surface area contributed by atoms with E-state index in [0.717, 1.165) is 5.56 Å². The molecule has 20 heavy (non-hydrogen) atoms. The lowest BCUT2D eigenvalue weighted by Crippen LogP contribution is -2.04. The quantitative estimate of drug-likeness (QED) is 0.883. The van der Waals surface area contributed by atoms with Crippen LogP contribution in [0.25, 0.3) is 0 Å². The molecule has 0 bridgehead atoms. The summed E-state index contributed by atoms with van der Waals surface area (Å²) in [6.07, 6.45) is 1.18. The van der Waals surface area contributed by atoms with Gasteiger partial charge < -0.3 is 15.6 Å². The van der Waals surface area contributed by atoms with E-state index in [1.54, 1.807) is 30.5 Å². The molecule has 0 aliphatic carbocycles. The van der Waals surface area contributed by atoms with E-state index in [2.05, 4.69) is 9.72 Å². The average molecular weight is 280 g/mol. The van der Waals surface area contributed by atoms with Crippen molar-refractivity contribution in [1.82, 2.24) is 4.98 Å². The van der Waals surface area contributed by atoms with E-state index in [1.165, 1.54) is 12.1 Å². The molecule has 0 spiro atoms. The zero-order chi connectivity index (χ0) is 14.5. The summed E-state index contributed by atoms with van der Waals surface area (Å²) in [5, 5.41) is 10.1. The number of anilines is 1. The van der Waals surface area contributed by atoms with Gasteiger partial charge in [0.15, 0.2) is 0 Å². The maximum Gasteiger partial charge on any atom is 0.387 e. The third kappa shape index (κ3) is 3.89. The molecule has 6 heteroatoms. The molecular formula is C14H14F2N2O2. The van der Waals surface area contributed by atoms with Crippen LogP contribution in [-0.2, 0) is 6.42 Å². The Labute approximate surface area is 114 Å². The number of nitrogens with two attached hydrogens (primary N) is 1. The number of pyridine rings is 1. The molecule has 0 saturated carbocycles. The molecule has 0 radical (unpaired) electrons. The van der Waals surface area contributed by atoms with Gasteiger partial charge in [-0.25, -0.2) is 4.98 Å². The molecule has 2 aromatic rings. The van der Waals surface area contributed by atoms with Crippen molar-refractivity contribution in [3.63, 3.8) is 0 Å². The molecule has 0 fully saturated rings. The first kappa shape index (κ1) is 14.2. The van der Waals surface area contributed by atoms with Gasteiger partial charge in [-0.05, 0) is 35.4 Å². The van der Waals surface area contributed by atoms with Crippen LogP contribution < -0.4 is 10.5 Å². The van der Waals surface area contributed by atoms with Crippen molar-refractivity contribution in [2.24, 2.45) is 0 Å². The molecule has 3 N–H and O–H groups in total. The summed E-state index contributed by atoms with van der Waals surface area (Å²) in [5.74, 6) is 0.444. The van der Waals surface area contributed by atoms with Crippen LogP contribution in [0.3, 0.4) is 0 Å². The highest BCUT2D eigenvalue weighted by Crippen LogP contribution is 2.22. The molecule has 1 aromatic heterocycles. The van der Waals surface area contributed by atoms with Gasteiger partial charge in [-0.15, -0.1) is 0 Å². The predicted octanol–water partition coefficient (Wildman–Crippen LogP) is 2.54. The number of rotatable bonds is 5. The maximum atomic E-state index is 12.0. The molecule has 0 aliphatic rings. The Morgan fingerprint density at radius 3 is 2.50 bits per heavy atom. The summed E-state index contributed by atoms with van der Waals surface area (Å²) >= 11 is 0. The van der Waals surface area contributed by atoms with Crippen LogP contribution >= 0.6 is 0 Å². The SMILES string of the molecule is Nc1cc(CC(O)c2ccc(OC(F)F)cc2)ccn1. The summed E-state index contributed by atoms with van der Waals surface area (Å²) in [4.78, 5) is 3.87. The van der Waals surface area contributed by atoms with Gasteiger partial charge in [-0.3, -0.25) is 0 Å². The molecule has 0 aliphatic heterocycles. The summed E-state index contributed by atoms with van der Waals surface area (Å²) in [6.45, 7) is -2.86. The van der Waals surface area contributed by atoms with Gasteiger partial charge in [-0.1, -0.05) is 12.1 Å². The Bertz CT molecular complexity index is 561. The van der Waals surface area contributed by atoms with Crippen molar-refractivity contribution >= 4 is 5.82 Å². The molecular weight excluding hydrogens is 266 g/mol. The number of halogens is 2. The fourth-order valence-electron chi connectivity index (χ4n) is 1.83. The molecule has 1 aromatic carbocycles. The van der Waals surface area contributed by atoms with E-state index in [-0.39, 0.29) is 5.75 Å². The summed E-state index contributed by atoms with van der Waals surface area (Å²) in [7, 11) is 0. The fourth-order valence-corrected chi connectivity index (χ4v) is 1.83. The minimum Gasteiger partial charge on any atom is -0.435 e. The zero-order valence-electron chi connectivity index (χ0n) is 10.5. The standard InChI is InChI=1S/C14H14F2N2O2/c15-14(16)20-11-3-1-10(2-4-11)12(19)7-9-5-6-18-13(17)8-9/h1-6,8,12,14,19H,7H2,(H2,17,18). The number of ether oxygens (including phenoxy) is 1. The van der Waals surface area contributed by atoms with Gasteiger partial charge in [0, 0.05) is 12.6 Å². The summed E-state index contributed by atoms with van der Waals surface area (Å²) in [5.41, 5.74) is 7.02. The number of nitrogen functional groups attached to an aromatic ring is 1. The molecule has 2 rings (SSSR count). The van der Waals surface area contributed by atoms with Crippen LogP contribution in [0.1, 0.15) is 17.2 Å². The third-order valence-electron chi connectivity index (χ3n) is 2.76. The van der Waals surface area contributed by atoms with Gasteiger partial charge in [0.2, 0.25) is 0 Å². The largest absolute Gasteiger partial charge is 0.435 e. The number of aliphatic hydroxyl groups is 1. The highest BCUT2D eigenvalue weighted by atomic mass is 19.3. The van der Waals surface area contributed by atoms with Crippen LogP contribution in [0.4, 0.5) is 14.6 Å². The van der Waals surface area contributed by atoms with E-state index < -0.39 is 12.7 Å². The van der Waals surface area contributed by atoms with Crippen molar-refractivity contribution in [3.05, 3.63) is 53.7 Å². The van der Waals surface area contributed by atoms with Gasteiger partial charge in [0.25, 0.3) is 0 Å². The second kappa shape index (κ2) is 6.29. The number of alkyl halides is 2. The first-order valence-corrected chi connectivity index (χ1v) is 5.98. The highest BCUT2D eigenvalue weighted by molar-refractivity contribution is 5.34. The normalized spacial score (nSPS) is 12.4. The number of hydrogen-bond donors (Lipinski definition) is 2. The van der Waals surface area contributed by atoms with Crippen molar-refractivity contribution in [2.45, 2.75) is 19.1 Å². The van der Waals surface area contributed by atoms with E-state index in [9.17, 15) is 13.9 Å². The number of nitrogens with zero attached hydrogens (tertiary/aromatic N) is 1. The molecule has 0 amide bonds. The lowest BCUT2D eigenvalue weighted by molar-refractivity contribution is -0.0498. The lowest BCUT2D eigenvalue weighted by Gasteiger charge is -2.12. The minimum absolute atomic E-state index is 0.0594. The second-order valence-electron chi connectivity index (χ2n) is 4.26. The number of benzene rings is 1. The third-order valence-corrected chi connectivity index (χ3v) is 2.76. The molecule has 1 atom stereocenters. The van der Waals surface area contributed by atoms with Crippen LogP contribution in [0.2, 0.25) is 0 Å². The number of aliphatic hydroxyl groups excluding tert-OH is 1. The van der Waals surface area contributed by atoms with E-state index in [1.807, 2.05) is 0 Å². The maximum absolute atomic E-state index is 12.0. The molecule has 4 nitrogen and oxygen atoms in total. The number of aromatic nitrogens is 1. The van der Waals surface area contributed by atoms with Crippen molar-refractivity contribution < 1.29 is 18.6 Å². The smallest absolute Gasteiger partial charge is 0.387 e. The Hall–Kier alpha value is -2.21. The van der Waals surface area contributed by atoms with Crippen LogP contribution in [0.5, 0.6) is 5.75 Å². The highest BCUT2D eigenvalue weighted by Gasteiger charge is 2.10. The van der Waals surface area contributed by atoms with Crippen molar-refractivity contribution in [3.8, 4) is 5.75 Å². The Balaban J connectivity index is 2.03. The Kier molecular flexibility index (Phi) is 4.47. The first-order valence-electron chi connectivity index (χ1n) is 5.98. The van der Waals surface area contributed by atoms with E-state index >= 15 is 0 Å². The van der Waals surface area contributed by atoms with Gasteiger partial charge in [0.1, 0.15) is 11.6 Å². The zero-order valence-corrected chi connectivity index (χ0v) is 10.5. The second-order valence-corrected chi connectivity index (χ2v) is 4.26. The van der Waals surface area contributed by atoms with Crippen LogP contribution in [0, 0.1) is 0 Å². The van der Waals surface area contributed by atoms with Crippen molar-refractivity contribution in [2.75, 3.05) is 5.73 Å². The summed E-state index contributed by atoms with van der Waals surface area (Å²) in [6, 6.07) is 9.32. The van der Waals surface area contributed by atoms with Gasteiger partial charge >= 0.3 is 6.61 Å².